The van der Waals surface area contributed by atoms with Gasteiger partial charge in [-0.05, 0) is 18.9 Å². The molecule has 2 aliphatic heterocycles. The molecule has 5 heteroatoms. The Bertz CT molecular complexity index is 535. The maximum absolute atomic E-state index is 13.7. The number of carbonyl (C=O) groups excluding carboxylic acids is 1. The molecule has 1 aromatic rings. The molecule has 0 spiro atoms. The van der Waals surface area contributed by atoms with Gasteiger partial charge in [0.2, 0.25) is 5.91 Å². The monoisotopic (exact) mass is 333 g/mol. The zero-order valence-electron chi connectivity index (χ0n) is 14.4. The molecule has 0 aliphatic carbocycles. The van der Waals surface area contributed by atoms with Crippen molar-refractivity contribution in [3.8, 4) is 0 Å². The van der Waals surface area contributed by atoms with Crippen LogP contribution < -0.4 is 0 Å². The number of halogens is 1. The SMILES string of the molecule is O=C(CN1CCN(Cc2ccccc2F)CC1)N1CCCCCC1. The van der Waals surface area contributed by atoms with Gasteiger partial charge in [-0.25, -0.2) is 4.39 Å². The summed E-state index contributed by atoms with van der Waals surface area (Å²) in [6, 6.07) is 6.98. The standard InChI is InChI=1S/C19H28FN3O/c20-18-8-4-3-7-17(18)15-21-11-13-22(14-12-21)16-19(24)23-9-5-1-2-6-10-23/h3-4,7-8H,1-2,5-6,9-16H2. The third-order valence-electron chi connectivity index (χ3n) is 5.13. The van der Waals surface area contributed by atoms with E-state index in [4.69, 9.17) is 0 Å². The maximum Gasteiger partial charge on any atom is 0.236 e. The third kappa shape index (κ3) is 4.77. The number of carbonyl (C=O) groups is 1. The van der Waals surface area contributed by atoms with E-state index in [-0.39, 0.29) is 11.7 Å². The van der Waals surface area contributed by atoms with Gasteiger partial charge in [0.15, 0.2) is 0 Å². The van der Waals surface area contributed by atoms with Gasteiger partial charge in [-0.2, -0.15) is 0 Å². The van der Waals surface area contributed by atoms with Gasteiger partial charge in [-0.1, -0.05) is 31.0 Å². The lowest BCUT2D eigenvalue weighted by Gasteiger charge is -2.35. The Kier molecular flexibility index (Phi) is 6.21. The van der Waals surface area contributed by atoms with Gasteiger partial charge in [0.25, 0.3) is 0 Å². The van der Waals surface area contributed by atoms with Crippen molar-refractivity contribution >= 4 is 5.91 Å². The predicted octanol–water partition coefficient (Wildman–Crippen LogP) is 2.35. The van der Waals surface area contributed by atoms with Crippen LogP contribution in [-0.2, 0) is 11.3 Å². The van der Waals surface area contributed by atoms with Crippen LogP contribution in [-0.4, -0.2) is 66.4 Å². The summed E-state index contributed by atoms with van der Waals surface area (Å²) in [6.45, 7) is 6.58. The fourth-order valence-electron chi connectivity index (χ4n) is 3.58. The molecule has 0 radical (unpaired) electrons. The quantitative estimate of drug-likeness (QED) is 0.846. The van der Waals surface area contributed by atoms with Crippen LogP contribution >= 0.6 is 0 Å². The van der Waals surface area contributed by atoms with Crippen molar-refractivity contribution in [3.05, 3.63) is 35.6 Å². The number of rotatable bonds is 4. The van der Waals surface area contributed by atoms with E-state index in [1.54, 1.807) is 6.07 Å². The van der Waals surface area contributed by atoms with Crippen LogP contribution in [0.5, 0.6) is 0 Å². The first-order valence-electron chi connectivity index (χ1n) is 9.18. The molecule has 0 bridgehead atoms. The molecule has 2 aliphatic rings. The van der Waals surface area contributed by atoms with Crippen LogP contribution in [0.15, 0.2) is 24.3 Å². The van der Waals surface area contributed by atoms with Gasteiger partial charge in [0.05, 0.1) is 6.54 Å². The number of piperazine rings is 1. The lowest BCUT2D eigenvalue weighted by molar-refractivity contribution is -0.132. The first-order chi connectivity index (χ1) is 11.7. The number of amides is 1. The van der Waals surface area contributed by atoms with Crippen LogP contribution in [0.4, 0.5) is 4.39 Å². The van der Waals surface area contributed by atoms with E-state index in [9.17, 15) is 9.18 Å². The lowest BCUT2D eigenvalue weighted by atomic mass is 10.2. The molecule has 0 saturated carbocycles. The Morgan fingerprint density at radius 2 is 1.50 bits per heavy atom. The van der Waals surface area contributed by atoms with E-state index in [1.165, 1.54) is 18.9 Å². The number of benzene rings is 1. The van der Waals surface area contributed by atoms with Gasteiger partial charge >= 0.3 is 0 Å². The summed E-state index contributed by atoms with van der Waals surface area (Å²) in [5.41, 5.74) is 0.756. The Balaban J connectivity index is 1.43. The van der Waals surface area contributed by atoms with Crippen molar-refractivity contribution in [3.63, 3.8) is 0 Å². The molecule has 2 heterocycles. The smallest absolute Gasteiger partial charge is 0.236 e. The molecule has 0 unspecified atom stereocenters. The van der Waals surface area contributed by atoms with Gasteiger partial charge in [-0.15, -0.1) is 0 Å². The van der Waals surface area contributed by atoms with Gasteiger partial charge in [0, 0.05) is 51.4 Å². The lowest BCUT2D eigenvalue weighted by Crippen LogP contribution is -2.49. The number of likely N-dealkylation sites (tertiary alicyclic amines) is 1. The molecule has 0 atom stereocenters. The van der Waals surface area contributed by atoms with E-state index in [0.717, 1.165) is 57.7 Å². The summed E-state index contributed by atoms with van der Waals surface area (Å²) in [5, 5.41) is 0. The molecule has 3 rings (SSSR count). The highest BCUT2D eigenvalue weighted by Gasteiger charge is 2.22. The minimum atomic E-state index is -0.128. The largest absolute Gasteiger partial charge is 0.342 e. The highest BCUT2D eigenvalue weighted by Crippen LogP contribution is 2.13. The first kappa shape index (κ1) is 17.4. The molecule has 4 nitrogen and oxygen atoms in total. The average Bonchev–Trinajstić information content (AvgIpc) is 2.88. The van der Waals surface area contributed by atoms with Crippen LogP contribution in [0.2, 0.25) is 0 Å². The van der Waals surface area contributed by atoms with Crippen molar-refractivity contribution in [2.75, 3.05) is 45.8 Å². The maximum atomic E-state index is 13.7. The highest BCUT2D eigenvalue weighted by atomic mass is 19.1. The second-order valence-corrected chi connectivity index (χ2v) is 6.94. The van der Waals surface area contributed by atoms with Crippen molar-refractivity contribution in [2.45, 2.75) is 32.2 Å². The molecule has 2 saturated heterocycles. The molecule has 1 aromatic carbocycles. The highest BCUT2D eigenvalue weighted by molar-refractivity contribution is 5.78. The third-order valence-corrected chi connectivity index (χ3v) is 5.13. The molecule has 0 N–H and O–H groups in total. The van der Waals surface area contributed by atoms with Crippen LogP contribution in [0.25, 0.3) is 0 Å². The number of hydrogen-bond donors (Lipinski definition) is 0. The Morgan fingerprint density at radius 1 is 0.875 bits per heavy atom. The number of hydrogen-bond acceptors (Lipinski definition) is 3. The van der Waals surface area contributed by atoms with E-state index in [0.29, 0.717) is 13.1 Å². The zero-order valence-corrected chi connectivity index (χ0v) is 14.4. The summed E-state index contributed by atoms with van der Waals surface area (Å²) in [6.07, 6.45) is 4.78. The fourth-order valence-corrected chi connectivity index (χ4v) is 3.58. The average molecular weight is 333 g/mol. The normalized spacial score (nSPS) is 20.8. The zero-order chi connectivity index (χ0) is 16.8. The molecular weight excluding hydrogens is 305 g/mol. The number of nitrogens with zero attached hydrogens (tertiary/aromatic N) is 3. The summed E-state index contributed by atoms with van der Waals surface area (Å²) >= 11 is 0. The molecule has 2 fully saturated rings. The van der Waals surface area contributed by atoms with E-state index in [1.807, 2.05) is 17.0 Å². The predicted molar refractivity (Wildman–Crippen MR) is 93.2 cm³/mol. The van der Waals surface area contributed by atoms with Crippen LogP contribution in [0.3, 0.4) is 0 Å². The topological polar surface area (TPSA) is 26.8 Å². The molecule has 132 valence electrons. The van der Waals surface area contributed by atoms with E-state index >= 15 is 0 Å². The fraction of sp³-hybridized carbons (Fsp3) is 0.632. The molecule has 24 heavy (non-hydrogen) atoms. The minimum absolute atomic E-state index is 0.128. The van der Waals surface area contributed by atoms with Crippen molar-refractivity contribution in [1.82, 2.24) is 14.7 Å². The summed E-state index contributed by atoms with van der Waals surface area (Å²) < 4.78 is 13.7. The summed E-state index contributed by atoms with van der Waals surface area (Å²) in [7, 11) is 0. The van der Waals surface area contributed by atoms with E-state index in [2.05, 4.69) is 9.80 Å². The molecule has 1 amide bonds. The molecule has 0 aromatic heterocycles. The second kappa shape index (κ2) is 8.58. The molecular formula is C19H28FN3O. The van der Waals surface area contributed by atoms with Gasteiger partial charge in [-0.3, -0.25) is 14.6 Å². The van der Waals surface area contributed by atoms with Gasteiger partial charge < -0.3 is 4.90 Å². The second-order valence-electron chi connectivity index (χ2n) is 6.94. The van der Waals surface area contributed by atoms with Crippen LogP contribution in [0, 0.1) is 5.82 Å². The summed E-state index contributed by atoms with van der Waals surface area (Å²) in [4.78, 5) is 19.0. The van der Waals surface area contributed by atoms with Crippen molar-refractivity contribution in [1.29, 1.82) is 0 Å². The minimum Gasteiger partial charge on any atom is -0.342 e. The van der Waals surface area contributed by atoms with Crippen LogP contribution in [0.1, 0.15) is 31.2 Å². The Morgan fingerprint density at radius 3 is 2.17 bits per heavy atom. The first-order valence-corrected chi connectivity index (χ1v) is 9.18. The van der Waals surface area contributed by atoms with E-state index < -0.39 is 0 Å². The Hall–Kier alpha value is -1.46. The van der Waals surface area contributed by atoms with Crippen molar-refractivity contribution in [2.24, 2.45) is 0 Å². The Labute approximate surface area is 144 Å². The van der Waals surface area contributed by atoms with Crippen molar-refractivity contribution < 1.29 is 9.18 Å². The van der Waals surface area contributed by atoms with Gasteiger partial charge in [0.1, 0.15) is 5.82 Å². The summed E-state index contributed by atoms with van der Waals surface area (Å²) in [5.74, 6) is 0.149.